The second-order valence-corrected chi connectivity index (χ2v) is 6.60. The minimum Gasteiger partial charge on any atom is -0.462 e. The summed E-state index contributed by atoms with van der Waals surface area (Å²) in [5, 5.41) is 3.07. The quantitative estimate of drug-likeness (QED) is 0.825. The summed E-state index contributed by atoms with van der Waals surface area (Å²) in [4.78, 5) is 19.7. The highest BCUT2D eigenvalue weighted by Crippen LogP contribution is 2.23. The zero-order chi connectivity index (χ0) is 17.7. The second-order valence-electron chi connectivity index (χ2n) is 6.21. The van der Waals surface area contributed by atoms with Gasteiger partial charge in [0.15, 0.2) is 0 Å². The van der Waals surface area contributed by atoms with Crippen molar-refractivity contribution in [3.05, 3.63) is 29.7 Å². The lowest BCUT2D eigenvalue weighted by Crippen LogP contribution is -2.40. The lowest BCUT2D eigenvalue weighted by Gasteiger charge is -2.21. The van der Waals surface area contributed by atoms with Crippen molar-refractivity contribution in [2.75, 3.05) is 6.61 Å². The van der Waals surface area contributed by atoms with Crippen LogP contribution in [0.5, 0.6) is 5.95 Å². The predicted octanol–water partition coefficient (Wildman–Crippen LogP) is 3.68. The summed E-state index contributed by atoms with van der Waals surface area (Å²) in [6.07, 6.45) is 2.53. The van der Waals surface area contributed by atoms with Crippen molar-refractivity contribution in [3.63, 3.8) is 0 Å². The van der Waals surface area contributed by atoms with Gasteiger partial charge < -0.3 is 19.2 Å². The van der Waals surface area contributed by atoms with Gasteiger partial charge in [0.1, 0.15) is 23.6 Å². The fraction of sp³-hybridized carbons (Fsp3) is 0.438. The number of carbonyl (C=O) groups excluding carboxylic acids is 1. The lowest BCUT2D eigenvalue weighted by molar-refractivity contribution is 0.0489. The summed E-state index contributed by atoms with van der Waals surface area (Å²) in [6, 6.07) is 3.14. The van der Waals surface area contributed by atoms with Gasteiger partial charge >= 0.3 is 12.0 Å². The first-order valence-electron chi connectivity index (χ1n) is 7.43. The maximum absolute atomic E-state index is 11.7. The van der Waals surface area contributed by atoms with E-state index in [1.54, 1.807) is 46.0 Å². The minimum absolute atomic E-state index is 0.215. The van der Waals surface area contributed by atoms with Gasteiger partial charge in [-0.25, -0.2) is 14.8 Å². The first-order chi connectivity index (χ1) is 11.2. The van der Waals surface area contributed by atoms with Gasteiger partial charge in [-0.05, 0) is 39.8 Å². The van der Waals surface area contributed by atoms with Gasteiger partial charge in [0.05, 0.1) is 11.6 Å². The molecular weight excluding hydrogens is 334 g/mol. The molecule has 0 aromatic carbocycles. The van der Waals surface area contributed by atoms with Crippen molar-refractivity contribution in [3.8, 4) is 17.4 Å². The number of halogens is 1. The van der Waals surface area contributed by atoms with Crippen molar-refractivity contribution < 1.29 is 18.7 Å². The molecule has 2 heterocycles. The smallest absolute Gasteiger partial charge is 0.407 e. The second kappa shape index (κ2) is 7.53. The summed E-state index contributed by atoms with van der Waals surface area (Å²) in [6.45, 7) is 7.41. The number of amides is 1. The summed E-state index contributed by atoms with van der Waals surface area (Å²) >= 11 is 5.74. The van der Waals surface area contributed by atoms with E-state index in [0.717, 1.165) is 0 Å². The van der Waals surface area contributed by atoms with Crippen LogP contribution in [0.15, 0.2) is 28.9 Å². The van der Waals surface area contributed by atoms with E-state index >= 15 is 0 Å². The topological polar surface area (TPSA) is 86.5 Å². The van der Waals surface area contributed by atoms with E-state index in [-0.39, 0.29) is 18.6 Å². The predicted molar refractivity (Wildman–Crippen MR) is 89.1 cm³/mol. The van der Waals surface area contributed by atoms with Crippen molar-refractivity contribution in [2.24, 2.45) is 0 Å². The number of alkyl carbamates (subject to hydrolysis) is 1. The Morgan fingerprint density at radius 3 is 2.71 bits per heavy atom. The third-order valence-corrected chi connectivity index (χ3v) is 2.92. The molecule has 0 aliphatic carbocycles. The molecule has 0 spiro atoms. The molecule has 2 aromatic heterocycles. The van der Waals surface area contributed by atoms with Crippen LogP contribution < -0.4 is 10.1 Å². The molecule has 8 heteroatoms. The molecule has 0 aliphatic heterocycles. The first kappa shape index (κ1) is 18.1. The number of pyridine rings is 1. The first-order valence-corrected chi connectivity index (χ1v) is 7.81. The summed E-state index contributed by atoms with van der Waals surface area (Å²) in [5.74, 6) is 0.625. The van der Waals surface area contributed by atoms with Crippen LogP contribution in [0.3, 0.4) is 0 Å². The Balaban J connectivity index is 1.84. The average Bonchev–Trinajstić information content (AvgIpc) is 2.92. The van der Waals surface area contributed by atoms with Gasteiger partial charge in [-0.15, -0.1) is 0 Å². The number of nitrogens with one attached hydrogen (secondary N) is 1. The number of aromatic nitrogens is 2. The molecule has 0 bridgehead atoms. The molecule has 1 atom stereocenters. The molecule has 2 rings (SSSR count). The third-order valence-electron chi connectivity index (χ3n) is 2.70. The molecule has 0 aliphatic rings. The Hall–Kier alpha value is -2.28. The highest BCUT2D eigenvalue weighted by molar-refractivity contribution is 6.29. The van der Waals surface area contributed by atoms with Gasteiger partial charge in [-0.1, -0.05) is 11.6 Å². The van der Waals surface area contributed by atoms with Crippen molar-refractivity contribution in [2.45, 2.75) is 39.3 Å². The van der Waals surface area contributed by atoms with Crippen LogP contribution in [0.25, 0.3) is 11.5 Å². The van der Waals surface area contributed by atoms with E-state index in [2.05, 4.69) is 15.3 Å². The molecule has 2 aromatic rings. The molecule has 0 unspecified atom stereocenters. The highest BCUT2D eigenvalue weighted by Gasteiger charge is 2.18. The van der Waals surface area contributed by atoms with Crippen LogP contribution in [-0.4, -0.2) is 34.3 Å². The zero-order valence-electron chi connectivity index (χ0n) is 14.0. The van der Waals surface area contributed by atoms with Crippen molar-refractivity contribution in [1.29, 1.82) is 0 Å². The molecule has 1 amide bonds. The van der Waals surface area contributed by atoms with Gasteiger partial charge in [0, 0.05) is 6.20 Å². The summed E-state index contributed by atoms with van der Waals surface area (Å²) in [7, 11) is 0. The van der Waals surface area contributed by atoms with E-state index < -0.39 is 11.7 Å². The number of hydrogen-bond acceptors (Lipinski definition) is 6. The van der Waals surface area contributed by atoms with E-state index in [9.17, 15) is 4.79 Å². The summed E-state index contributed by atoms with van der Waals surface area (Å²) < 4.78 is 16.1. The number of nitrogens with zero attached hydrogens (tertiary/aromatic N) is 2. The van der Waals surface area contributed by atoms with E-state index in [1.165, 1.54) is 6.20 Å². The molecule has 0 saturated carbocycles. The zero-order valence-corrected chi connectivity index (χ0v) is 14.8. The largest absolute Gasteiger partial charge is 0.462 e. The molecule has 130 valence electrons. The fourth-order valence-corrected chi connectivity index (χ4v) is 1.83. The number of carbonyl (C=O) groups is 1. The van der Waals surface area contributed by atoms with Crippen LogP contribution in [0.4, 0.5) is 4.79 Å². The molecule has 0 fully saturated rings. The Morgan fingerprint density at radius 2 is 2.08 bits per heavy atom. The Kier molecular flexibility index (Phi) is 5.66. The van der Waals surface area contributed by atoms with Crippen molar-refractivity contribution >= 4 is 17.7 Å². The van der Waals surface area contributed by atoms with Gasteiger partial charge in [-0.3, -0.25) is 0 Å². The maximum Gasteiger partial charge on any atom is 0.407 e. The monoisotopic (exact) mass is 353 g/mol. The van der Waals surface area contributed by atoms with Gasteiger partial charge in [0.25, 0.3) is 0 Å². The van der Waals surface area contributed by atoms with Gasteiger partial charge in [-0.2, -0.15) is 0 Å². The average molecular weight is 354 g/mol. The minimum atomic E-state index is -0.545. The Bertz CT molecular complexity index is 679. The Labute approximate surface area is 145 Å². The van der Waals surface area contributed by atoms with E-state index in [4.69, 9.17) is 25.5 Å². The SMILES string of the molecule is C[C@@H](COc1cnc(-c2ccc(Cl)nc2)o1)NC(=O)OC(C)(C)C. The van der Waals surface area contributed by atoms with Crippen LogP contribution in [0.1, 0.15) is 27.7 Å². The number of ether oxygens (including phenoxy) is 2. The normalized spacial score (nSPS) is 12.5. The number of hydrogen-bond donors (Lipinski definition) is 1. The molecule has 0 radical (unpaired) electrons. The number of rotatable bonds is 5. The third kappa shape index (κ3) is 5.73. The fourth-order valence-electron chi connectivity index (χ4n) is 1.72. The van der Waals surface area contributed by atoms with Crippen LogP contribution in [0, 0.1) is 0 Å². The van der Waals surface area contributed by atoms with E-state index in [1.807, 2.05) is 0 Å². The van der Waals surface area contributed by atoms with Crippen molar-refractivity contribution in [1.82, 2.24) is 15.3 Å². The summed E-state index contributed by atoms with van der Waals surface area (Å²) in [5.41, 5.74) is 0.145. The maximum atomic E-state index is 11.7. The van der Waals surface area contributed by atoms with Gasteiger partial charge in [0.2, 0.25) is 5.89 Å². The van der Waals surface area contributed by atoms with E-state index in [0.29, 0.717) is 16.6 Å². The molecule has 0 saturated heterocycles. The molecule has 24 heavy (non-hydrogen) atoms. The Morgan fingerprint density at radius 1 is 1.33 bits per heavy atom. The lowest BCUT2D eigenvalue weighted by atomic mass is 10.2. The van der Waals surface area contributed by atoms with Crippen LogP contribution >= 0.6 is 11.6 Å². The number of oxazole rings is 1. The molecular formula is C16H20ClN3O4. The highest BCUT2D eigenvalue weighted by atomic mass is 35.5. The van der Waals surface area contributed by atoms with Crippen LogP contribution in [-0.2, 0) is 4.74 Å². The molecule has 7 nitrogen and oxygen atoms in total. The molecule has 1 N–H and O–H groups in total. The van der Waals surface area contributed by atoms with Crippen LogP contribution in [0.2, 0.25) is 5.15 Å². The standard InChI is InChI=1S/C16H20ClN3O4/c1-10(20-15(21)24-16(2,3)4)9-22-13-8-19-14(23-13)11-5-6-12(17)18-7-11/h5-8,10H,9H2,1-4H3,(H,20,21)/t10-/m0/s1.